The summed E-state index contributed by atoms with van der Waals surface area (Å²) < 4.78 is 32.1. The SMILES string of the molecule is Cc1c(C(N)C(C)C)oc2c(F)cc(F)cc12. The standard InChI is InChI=1S/C13H15F2NO/c1-6(2)11(16)12-7(3)9-4-8(14)5-10(15)13(9)17-12/h4-6,11H,16H2,1-3H3. The van der Waals surface area contributed by atoms with E-state index >= 15 is 0 Å². The topological polar surface area (TPSA) is 39.2 Å². The van der Waals surface area contributed by atoms with E-state index in [0.29, 0.717) is 16.7 Å². The summed E-state index contributed by atoms with van der Waals surface area (Å²) in [5, 5.41) is 0.452. The minimum absolute atomic E-state index is 0.0787. The van der Waals surface area contributed by atoms with Crippen molar-refractivity contribution in [2.24, 2.45) is 11.7 Å². The van der Waals surface area contributed by atoms with Crippen LogP contribution in [-0.2, 0) is 0 Å². The molecule has 17 heavy (non-hydrogen) atoms. The predicted molar refractivity (Wildman–Crippen MR) is 62.6 cm³/mol. The Balaban J connectivity index is 2.68. The van der Waals surface area contributed by atoms with Crippen LogP contribution in [-0.4, -0.2) is 0 Å². The molecular formula is C13H15F2NO. The van der Waals surface area contributed by atoms with Crippen molar-refractivity contribution in [3.05, 3.63) is 35.1 Å². The Kier molecular flexibility index (Phi) is 2.91. The molecule has 0 saturated heterocycles. The molecule has 1 heterocycles. The summed E-state index contributed by atoms with van der Waals surface area (Å²) in [6, 6.07) is 1.77. The molecule has 2 nitrogen and oxygen atoms in total. The van der Waals surface area contributed by atoms with Gasteiger partial charge in [0.15, 0.2) is 11.4 Å². The highest BCUT2D eigenvalue weighted by atomic mass is 19.1. The van der Waals surface area contributed by atoms with Gasteiger partial charge in [-0.2, -0.15) is 0 Å². The molecule has 1 aromatic heterocycles. The van der Waals surface area contributed by atoms with E-state index in [1.165, 1.54) is 6.07 Å². The molecule has 0 spiro atoms. The van der Waals surface area contributed by atoms with Gasteiger partial charge in [0.25, 0.3) is 0 Å². The fourth-order valence-corrected chi connectivity index (χ4v) is 1.88. The minimum Gasteiger partial charge on any atom is -0.456 e. The van der Waals surface area contributed by atoms with Gasteiger partial charge in [-0.15, -0.1) is 0 Å². The van der Waals surface area contributed by atoms with Crippen molar-refractivity contribution in [2.45, 2.75) is 26.8 Å². The second-order valence-electron chi connectivity index (χ2n) is 4.63. The first-order chi connectivity index (χ1) is 7.91. The number of benzene rings is 1. The van der Waals surface area contributed by atoms with Crippen LogP contribution in [0.25, 0.3) is 11.0 Å². The van der Waals surface area contributed by atoms with Crippen molar-refractivity contribution in [1.29, 1.82) is 0 Å². The molecule has 0 aliphatic heterocycles. The fourth-order valence-electron chi connectivity index (χ4n) is 1.88. The number of halogens is 2. The number of hydrogen-bond acceptors (Lipinski definition) is 2. The predicted octanol–water partition coefficient (Wildman–Crippen LogP) is 3.68. The third-order valence-electron chi connectivity index (χ3n) is 3.01. The van der Waals surface area contributed by atoms with Crippen LogP contribution in [0.2, 0.25) is 0 Å². The fraction of sp³-hybridized carbons (Fsp3) is 0.385. The van der Waals surface area contributed by atoms with E-state index in [4.69, 9.17) is 10.2 Å². The Labute approximate surface area is 98.4 Å². The molecule has 0 aliphatic carbocycles. The van der Waals surface area contributed by atoms with Crippen LogP contribution >= 0.6 is 0 Å². The maximum Gasteiger partial charge on any atom is 0.170 e. The second-order valence-corrected chi connectivity index (χ2v) is 4.63. The molecule has 4 heteroatoms. The molecule has 2 N–H and O–H groups in total. The van der Waals surface area contributed by atoms with Crippen molar-refractivity contribution < 1.29 is 13.2 Å². The van der Waals surface area contributed by atoms with Crippen LogP contribution in [0.15, 0.2) is 16.5 Å². The maximum atomic E-state index is 13.5. The quantitative estimate of drug-likeness (QED) is 0.868. The zero-order valence-electron chi connectivity index (χ0n) is 10.1. The first-order valence-electron chi connectivity index (χ1n) is 5.55. The second kappa shape index (κ2) is 4.11. The molecule has 92 valence electrons. The van der Waals surface area contributed by atoms with Gasteiger partial charge in [0.1, 0.15) is 11.6 Å². The van der Waals surface area contributed by atoms with Crippen molar-refractivity contribution in [1.82, 2.24) is 0 Å². The maximum absolute atomic E-state index is 13.5. The Morgan fingerprint density at radius 3 is 2.47 bits per heavy atom. The van der Waals surface area contributed by atoms with E-state index in [9.17, 15) is 8.78 Å². The molecule has 1 aromatic carbocycles. The lowest BCUT2D eigenvalue weighted by Crippen LogP contribution is -2.16. The lowest BCUT2D eigenvalue weighted by Gasteiger charge is -2.13. The monoisotopic (exact) mass is 239 g/mol. The zero-order valence-corrected chi connectivity index (χ0v) is 10.1. The Morgan fingerprint density at radius 2 is 1.88 bits per heavy atom. The number of furan rings is 1. The van der Waals surface area contributed by atoms with Crippen LogP contribution < -0.4 is 5.73 Å². The van der Waals surface area contributed by atoms with Crippen LogP contribution in [0.5, 0.6) is 0 Å². The lowest BCUT2D eigenvalue weighted by atomic mass is 9.99. The Hall–Kier alpha value is -1.42. The summed E-state index contributed by atoms with van der Waals surface area (Å²) in [5.74, 6) is -0.601. The number of fused-ring (bicyclic) bond motifs is 1. The first-order valence-corrected chi connectivity index (χ1v) is 5.55. The highest BCUT2D eigenvalue weighted by molar-refractivity contribution is 5.82. The highest BCUT2D eigenvalue weighted by Crippen LogP contribution is 2.33. The first kappa shape index (κ1) is 12.0. The molecule has 1 atom stereocenters. The summed E-state index contributed by atoms with van der Waals surface area (Å²) in [5.41, 5.74) is 6.77. The number of hydrogen-bond donors (Lipinski definition) is 1. The van der Waals surface area contributed by atoms with Gasteiger partial charge in [0.2, 0.25) is 0 Å². The van der Waals surface area contributed by atoms with Crippen molar-refractivity contribution in [3.63, 3.8) is 0 Å². The normalized spacial score (nSPS) is 13.6. The van der Waals surface area contributed by atoms with Crippen LogP contribution in [0.1, 0.15) is 31.2 Å². The van der Waals surface area contributed by atoms with E-state index < -0.39 is 11.6 Å². The summed E-state index contributed by atoms with van der Waals surface area (Å²) in [6.45, 7) is 5.67. The molecule has 0 amide bonds. The smallest absolute Gasteiger partial charge is 0.170 e. The van der Waals surface area contributed by atoms with Gasteiger partial charge in [-0.25, -0.2) is 8.78 Å². The molecular weight excluding hydrogens is 224 g/mol. The zero-order chi connectivity index (χ0) is 12.7. The molecule has 0 fully saturated rings. The Morgan fingerprint density at radius 1 is 1.24 bits per heavy atom. The molecule has 2 aromatic rings. The van der Waals surface area contributed by atoms with Crippen molar-refractivity contribution in [3.8, 4) is 0 Å². The largest absolute Gasteiger partial charge is 0.456 e. The van der Waals surface area contributed by atoms with E-state index in [1.807, 2.05) is 13.8 Å². The number of rotatable bonds is 2. The average Bonchev–Trinajstić information content (AvgIpc) is 2.56. The van der Waals surface area contributed by atoms with Gasteiger partial charge >= 0.3 is 0 Å². The molecule has 1 unspecified atom stereocenters. The van der Waals surface area contributed by atoms with Crippen LogP contribution in [0, 0.1) is 24.5 Å². The average molecular weight is 239 g/mol. The third-order valence-corrected chi connectivity index (χ3v) is 3.01. The van der Waals surface area contributed by atoms with E-state index in [0.717, 1.165) is 6.07 Å². The van der Waals surface area contributed by atoms with Gasteiger partial charge in [-0.3, -0.25) is 0 Å². The van der Waals surface area contributed by atoms with Gasteiger partial charge in [0.05, 0.1) is 6.04 Å². The van der Waals surface area contributed by atoms with Gasteiger partial charge < -0.3 is 10.2 Å². The van der Waals surface area contributed by atoms with Gasteiger partial charge in [-0.1, -0.05) is 13.8 Å². The molecule has 0 bridgehead atoms. The van der Waals surface area contributed by atoms with E-state index in [2.05, 4.69) is 0 Å². The van der Waals surface area contributed by atoms with E-state index in [1.54, 1.807) is 6.92 Å². The summed E-state index contributed by atoms with van der Waals surface area (Å²) in [7, 11) is 0. The number of aryl methyl sites for hydroxylation is 1. The van der Waals surface area contributed by atoms with Gasteiger partial charge in [-0.05, 0) is 18.9 Å². The summed E-state index contributed by atoms with van der Waals surface area (Å²) >= 11 is 0. The molecule has 0 radical (unpaired) electrons. The van der Waals surface area contributed by atoms with E-state index in [-0.39, 0.29) is 17.5 Å². The summed E-state index contributed by atoms with van der Waals surface area (Å²) in [6.07, 6.45) is 0. The molecule has 0 aliphatic rings. The third kappa shape index (κ3) is 1.93. The summed E-state index contributed by atoms with van der Waals surface area (Å²) in [4.78, 5) is 0. The van der Waals surface area contributed by atoms with Crippen molar-refractivity contribution >= 4 is 11.0 Å². The molecule has 2 rings (SSSR count). The lowest BCUT2D eigenvalue weighted by molar-refractivity contribution is 0.410. The van der Waals surface area contributed by atoms with Crippen LogP contribution in [0.3, 0.4) is 0 Å². The number of nitrogens with two attached hydrogens (primary N) is 1. The van der Waals surface area contributed by atoms with Crippen LogP contribution in [0.4, 0.5) is 8.78 Å². The highest BCUT2D eigenvalue weighted by Gasteiger charge is 2.21. The Bertz CT molecular complexity index is 560. The minimum atomic E-state index is -0.690. The van der Waals surface area contributed by atoms with Crippen molar-refractivity contribution in [2.75, 3.05) is 0 Å². The van der Waals surface area contributed by atoms with Gasteiger partial charge in [0, 0.05) is 17.0 Å². The molecule has 0 saturated carbocycles.